The highest BCUT2D eigenvalue weighted by molar-refractivity contribution is 5.53. The van der Waals surface area contributed by atoms with Crippen molar-refractivity contribution in [3.63, 3.8) is 0 Å². The molecule has 0 radical (unpaired) electrons. The van der Waals surface area contributed by atoms with Gasteiger partial charge < -0.3 is 10.2 Å². The summed E-state index contributed by atoms with van der Waals surface area (Å²) < 4.78 is 12.9. The molecule has 0 aliphatic heterocycles. The minimum atomic E-state index is -0.193. The van der Waals surface area contributed by atoms with E-state index in [9.17, 15) is 4.39 Å². The van der Waals surface area contributed by atoms with Crippen molar-refractivity contribution in [2.75, 3.05) is 19.0 Å². The standard InChI is InChI=1S/C16H19FN2/c1-18-11-14-5-3-4-6-16(14)19(2)12-13-7-9-15(17)10-8-13/h3-10,18H,11-12H2,1-2H3. The van der Waals surface area contributed by atoms with E-state index in [1.165, 1.54) is 23.4 Å². The van der Waals surface area contributed by atoms with Crippen LogP contribution in [0.15, 0.2) is 48.5 Å². The van der Waals surface area contributed by atoms with Crippen LogP contribution < -0.4 is 10.2 Å². The van der Waals surface area contributed by atoms with Crippen LogP contribution in [-0.4, -0.2) is 14.1 Å². The molecule has 2 aromatic rings. The summed E-state index contributed by atoms with van der Waals surface area (Å²) in [6.45, 7) is 1.60. The molecular weight excluding hydrogens is 239 g/mol. The zero-order chi connectivity index (χ0) is 13.7. The molecule has 2 nitrogen and oxygen atoms in total. The maximum Gasteiger partial charge on any atom is 0.123 e. The van der Waals surface area contributed by atoms with E-state index in [0.29, 0.717) is 0 Å². The molecule has 0 unspecified atom stereocenters. The maximum atomic E-state index is 12.9. The monoisotopic (exact) mass is 258 g/mol. The summed E-state index contributed by atoms with van der Waals surface area (Å²) in [5.41, 5.74) is 3.55. The second-order valence-corrected chi connectivity index (χ2v) is 4.64. The second kappa shape index (κ2) is 6.34. The van der Waals surface area contributed by atoms with Crippen LogP contribution in [-0.2, 0) is 13.1 Å². The first-order valence-corrected chi connectivity index (χ1v) is 6.39. The highest BCUT2D eigenvalue weighted by atomic mass is 19.1. The predicted octanol–water partition coefficient (Wildman–Crippen LogP) is 3.18. The number of nitrogens with zero attached hydrogens (tertiary/aromatic N) is 1. The molecule has 3 heteroatoms. The molecule has 0 spiro atoms. The van der Waals surface area contributed by atoms with Crippen molar-refractivity contribution in [3.05, 3.63) is 65.5 Å². The van der Waals surface area contributed by atoms with Crippen LogP contribution in [0.5, 0.6) is 0 Å². The Kier molecular flexibility index (Phi) is 4.53. The highest BCUT2D eigenvalue weighted by Crippen LogP contribution is 2.21. The van der Waals surface area contributed by atoms with Crippen LogP contribution >= 0.6 is 0 Å². The van der Waals surface area contributed by atoms with Gasteiger partial charge in [-0.05, 0) is 36.4 Å². The largest absolute Gasteiger partial charge is 0.370 e. The minimum Gasteiger partial charge on any atom is -0.370 e. The van der Waals surface area contributed by atoms with E-state index in [1.807, 2.05) is 31.3 Å². The topological polar surface area (TPSA) is 15.3 Å². The summed E-state index contributed by atoms with van der Waals surface area (Å²) in [4.78, 5) is 2.18. The number of rotatable bonds is 5. The summed E-state index contributed by atoms with van der Waals surface area (Å²) in [6, 6.07) is 15.0. The van der Waals surface area contributed by atoms with Crippen LogP contribution in [0.2, 0.25) is 0 Å². The molecule has 0 saturated carbocycles. The van der Waals surface area contributed by atoms with Crippen molar-refractivity contribution < 1.29 is 4.39 Å². The Labute approximate surface area is 113 Å². The predicted molar refractivity (Wildman–Crippen MR) is 77.7 cm³/mol. The Balaban J connectivity index is 2.15. The molecule has 0 bridgehead atoms. The van der Waals surface area contributed by atoms with Gasteiger partial charge >= 0.3 is 0 Å². The Morgan fingerprint density at radius 3 is 2.42 bits per heavy atom. The molecule has 19 heavy (non-hydrogen) atoms. The molecule has 2 aromatic carbocycles. The van der Waals surface area contributed by atoms with Crippen molar-refractivity contribution in [3.8, 4) is 0 Å². The number of para-hydroxylation sites is 1. The second-order valence-electron chi connectivity index (χ2n) is 4.64. The van der Waals surface area contributed by atoms with Gasteiger partial charge in [0.2, 0.25) is 0 Å². The van der Waals surface area contributed by atoms with Gasteiger partial charge in [-0.1, -0.05) is 30.3 Å². The fourth-order valence-corrected chi connectivity index (χ4v) is 2.17. The Morgan fingerprint density at radius 1 is 1.05 bits per heavy atom. The van der Waals surface area contributed by atoms with Gasteiger partial charge in [0, 0.05) is 25.8 Å². The van der Waals surface area contributed by atoms with Gasteiger partial charge in [0.15, 0.2) is 0 Å². The van der Waals surface area contributed by atoms with Gasteiger partial charge in [-0.25, -0.2) is 4.39 Å². The van der Waals surface area contributed by atoms with E-state index >= 15 is 0 Å². The molecule has 0 atom stereocenters. The van der Waals surface area contributed by atoms with E-state index in [-0.39, 0.29) is 5.82 Å². The molecule has 0 saturated heterocycles. The van der Waals surface area contributed by atoms with E-state index in [1.54, 1.807) is 0 Å². The Morgan fingerprint density at radius 2 is 1.74 bits per heavy atom. The third kappa shape index (κ3) is 3.55. The molecule has 1 N–H and O–H groups in total. The van der Waals surface area contributed by atoms with Crippen LogP contribution in [0.25, 0.3) is 0 Å². The van der Waals surface area contributed by atoms with E-state index in [2.05, 4.69) is 29.4 Å². The van der Waals surface area contributed by atoms with Crippen molar-refractivity contribution in [2.24, 2.45) is 0 Å². The number of halogens is 1. The van der Waals surface area contributed by atoms with E-state index in [4.69, 9.17) is 0 Å². The Bertz CT molecular complexity index is 523. The van der Waals surface area contributed by atoms with Crippen LogP contribution in [0.3, 0.4) is 0 Å². The van der Waals surface area contributed by atoms with E-state index in [0.717, 1.165) is 18.7 Å². The van der Waals surface area contributed by atoms with Gasteiger partial charge in [-0.15, -0.1) is 0 Å². The average Bonchev–Trinajstić information content (AvgIpc) is 2.42. The maximum absolute atomic E-state index is 12.9. The first-order chi connectivity index (χ1) is 9.20. The summed E-state index contributed by atoms with van der Waals surface area (Å²) in [5.74, 6) is -0.193. The number of hydrogen-bond donors (Lipinski definition) is 1. The molecule has 0 heterocycles. The van der Waals surface area contributed by atoms with Gasteiger partial charge in [0.05, 0.1) is 0 Å². The molecule has 0 aliphatic carbocycles. The lowest BCUT2D eigenvalue weighted by Crippen LogP contribution is -2.19. The van der Waals surface area contributed by atoms with Crippen molar-refractivity contribution in [2.45, 2.75) is 13.1 Å². The quantitative estimate of drug-likeness (QED) is 0.886. The molecule has 0 fully saturated rings. The first-order valence-electron chi connectivity index (χ1n) is 6.39. The lowest BCUT2D eigenvalue weighted by molar-refractivity contribution is 0.627. The van der Waals surface area contributed by atoms with Gasteiger partial charge in [-0.3, -0.25) is 0 Å². The molecule has 2 rings (SSSR count). The molecule has 0 amide bonds. The fourth-order valence-electron chi connectivity index (χ4n) is 2.17. The molecule has 0 aliphatic rings. The van der Waals surface area contributed by atoms with Crippen molar-refractivity contribution in [1.82, 2.24) is 5.32 Å². The van der Waals surface area contributed by atoms with Gasteiger partial charge in [0.25, 0.3) is 0 Å². The molecular formula is C16H19FN2. The summed E-state index contributed by atoms with van der Waals surface area (Å²) in [5, 5.41) is 3.17. The highest BCUT2D eigenvalue weighted by Gasteiger charge is 2.07. The number of hydrogen-bond acceptors (Lipinski definition) is 2. The lowest BCUT2D eigenvalue weighted by atomic mass is 10.1. The summed E-state index contributed by atoms with van der Waals surface area (Å²) in [6.07, 6.45) is 0. The molecule has 0 aromatic heterocycles. The zero-order valence-electron chi connectivity index (χ0n) is 11.4. The number of benzene rings is 2. The van der Waals surface area contributed by atoms with Crippen LogP contribution in [0, 0.1) is 5.82 Å². The lowest BCUT2D eigenvalue weighted by Gasteiger charge is -2.22. The normalized spacial score (nSPS) is 10.5. The molecule has 100 valence electrons. The van der Waals surface area contributed by atoms with Crippen molar-refractivity contribution >= 4 is 5.69 Å². The Hall–Kier alpha value is -1.87. The SMILES string of the molecule is CNCc1ccccc1N(C)Cc1ccc(F)cc1. The zero-order valence-corrected chi connectivity index (χ0v) is 11.4. The van der Waals surface area contributed by atoms with Gasteiger partial charge in [0.1, 0.15) is 5.82 Å². The third-order valence-electron chi connectivity index (χ3n) is 3.10. The average molecular weight is 258 g/mol. The van der Waals surface area contributed by atoms with E-state index < -0.39 is 0 Å². The van der Waals surface area contributed by atoms with Crippen LogP contribution in [0.4, 0.5) is 10.1 Å². The smallest absolute Gasteiger partial charge is 0.123 e. The number of nitrogens with one attached hydrogen (secondary N) is 1. The third-order valence-corrected chi connectivity index (χ3v) is 3.10. The minimum absolute atomic E-state index is 0.193. The summed E-state index contributed by atoms with van der Waals surface area (Å²) in [7, 11) is 3.99. The number of anilines is 1. The van der Waals surface area contributed by atoms with Crippen LogP contribution in [0.1, 0.15) is 11.1 Å². The fraction of sp³-hybridized carbons (Fsp3) is 0.250. The first kappa shape index (κ1) is 13.6. The van der Waals surface area contributed by atoms with Gasteiger partial charge in [-0.2, -0.15) is 0 Å². The summed E-state index contributed by atoms with van der Waals surface area (Å²) >= 11 is 0. The van der Waals surface area contributed by atoms with Crippen molar-refractivity contribution in [1.29, 1.82) is 0 Å².